The number of allylic oxidation sites excluding steroid dienone is 3. The van der Waals surface area contributed by atoms with Crippen molar-refractivity contribution in [1.29, 1.82) is 0 Å². The van der Waals surface area contributed by atoms with Crippen LogP contribution in [0.1, 0.15) is 12.8 Å². The summed E-state index contributed by atoms with van der Waals surface area (Å²) < 4.78 is 0. The maximum absolute atomic E-state index is 2.46. The van der Waals surface area contributed by atoms with E-state index in [4.69, 9.17) is 0 Å². The van der Waals surface area contributed by atoms with Gasteiger partial charge in [-0.05, 0) is 72.5 Å². The molecule has 0 aromatic heterocycles. The summed E-state index contributed by atoms with van der Waals surface area (Å²) in [6, 6.07) is 58.9. The highest BCUT2D eigenvalue weighted by molar-refractivity contribution is 6.23. The monoisotopic (exact) mass is 590 g/mol. The van der Waals surface area contributed by atoms with Crippen LogP contribution in [-0.2, 0) is 0 Å². The molecule has 0 radical (unpaired) electrons. The van der Waals surface area contributed by atoms with Crippen LogP contribution in [0.4, 0.5) is 28.4 Å². The molecule has 8 rings (SSSR count). The second-order valence-electron chi connectivity index (χ2n) is 11.7. The van der Waals surface area contributed by atoms with Crippen molar-refractivity contribution in [3.63, 3.8) is 0 Å². The lowest BCUT2D eigenvalue weighted by Gasteiger charge is -2.33. The van der Waals surface area contributed by atoms with Crippen molar-refractivity contribution < 1.29 is 0 Å². The lowest BCUT2D eigenvalue weighted by Crippen LogP contribution is -2.18. The van der Waals surface area contributed by atoms with Crippen molar-refractivity contribution in [2.24, 2.45) is 0 Å². The van der Waals surface area contributed by atoms with Gasteiger partial charge in [0, 0.05) is 44.3 Å². The summed E-state index contributed by atoms with van der Waals surface area (Å²) in [7, 11) is 0. The molecule has 0 aliphatic heterocycles. The molecule has 0 unspecified atom stereocenters. The zero-order valence-corrected chi connectivity index (χ0v) is 25.6. The fraction of sp³-hybridized carbons (Fsp3) is 0.0455. The van der Waals surface area contributed by atoms with E-state index in [0.717, 1.165) is 29.9 Å². The van der Waals surface area contributed by atoms with Gasteiger partial charge in [0.2, 0.25) is 0 Å². The Hall–Kier alpha value is -5.86. The van der Waals surface area contributed by atoms with Gasteiger partial charge >= 0.3 is 0 Å². The Morgan fingerprint density at radius 3 is 1.39 bits per heavy atom. The van der Waals surface area contributed by atoms with Crippen LogP contribution in [0.3, 0.4) is 0 Å². The van der Waals surface area contributed by atoms with E-state index in [-0.39, 0.29) is 0 Å². The molecule has 0 saturated heterocycles. The van der Waals surface area contributed by atoms with Crippen molar-refractivity contribution in [3.05, 3.63) is 188 Å². The van der Waals surface area contributed by atoms with Gasteiger partial charge in [0.15, 0.2) is 0 Å². The fourth-order valence-electron chi connectivity index (χ4n) is 6.74. The summed E-state index contributed by atoms with van der Waals surface area (Å²) in [6.07, 6.45) is 9.04. The van der Waals surface area contributed by atoms with Crippen LogP contribution in [-0.4, -0.2) is 0 Å². The van der Waals surface area contributed by atoms with E-state index in [0.29, 0.717) is 0 Å². The van der Waals surface area contributed by atoms with Gasteiger partial charge in [-0.1, -0.05) is 133 Å². The van der Waals surface area contributed by atoms with Gasteiger partial charge in [0.05, 0.1) is 11.4 Å². The first-order valence-electron chi connectivity index (χ1n) is 16.0. The van der Waals surface area contributed by atoms with Crippen molar-refractivity contribution in [3.8, 4) is 11.1 Å². The Morgan fingerprint density at radius 1 is 0.370 bits per heavy atom. The van der Waals surface area contributed by atoms with E-state index >= 15 is 0 Å². The van der Waals surface area contributed by atoms with Gasteiger partial charge in [0.25, 0.3) is 0 Å². The Labute approximate surface area is 270 Å². The molecule has 0 bridgehead atoms. The third kappa shape index (κ3) is 5.04. The molecule has 46 heavy (non-hydrogen) atoms. The quantitative estimate of drug-likeness (QED) is 0.135. The average Bonchev–Trinajstić information content (AvgIpc) is 3.14. The highest BCUT2D eigenvalue weighted by Crippen LogP contribution is 2.51. The van der Waals surface area contributed by atoms with Gasteiger partial charge in [-0.3, -0.25) is 0 Å². The topological polar surface area (TPSA) is 6.48 Å². The molecule has 1 aliphatic rings. The summed E-state index contributed by atoms with van der Waals surface area (Å²) in [5.74, 6) is 0. The van der Waals surface area contributed by atoms with Crippen LogP contribution >= 0.6 is 0 Å². The molecular weight excluding hydrogens is 556 g/mol. The van der Waals surface area contributed by atoms with Crippen molar-refractivity contribution in [1.82, 2.24) is 0 Å². The Kier molecular flexibility index (Phi) is 7.38. The van der Waals surface area contributed by atoms with Crippen molar-refractivity contribution in [2.75, 3.05) is 9.80 Å². The smallest absolute Gasteiger partial charge is 0.0620 e. The molecule has 7 aromatic rings. The Balaban J connectivity index is 1.53. The number of fused-ring (bicyclic) bond motifs is 2. The lowest BCUT2D eigenvalue weighted by atomic mass is 9.92. The minimum Gasteiger partial charge on any atom is -0.310 e. The molecule has 0 spiro atoms. The zero-order chi connectivity index (χ0) is 30.7. The number of nitrogens with zero attached hydrogens (tertiary/aromatic N) is 2. The van der Waals surface area contributed by atoms with E-state index in [1.807, 2.05) is 0 Å². The maximum Gasteiger partial charge on any atom is 0.0620 e. The van der Waals surface area contributed by atoms with E-state index in [1.165, 1.54) is 49.7 Å². The molecule has 220 valence electrons. The van der Waals surface area contributed by atoms with E-state index < -0.39 is 0 Å². The zero-order valence-electron chi connectivity index (χ0n) is 25.6. The first-order valence-corrected chi connectivity index (χ1v) is 16.0. The third-order valence-corrected chi connectivity index (χ3v) is 8.80. The van der Waals surface area contributed by atoms with Gasteiger partial charge in [0.1, 0.15) is 0 Å². The highest BCUT2D eigenvalue weighted by Gasteiger charge is 2.26. The van der Waals surface area contributed by atoms with Crippen LogP contribution in [0, 0.1) is 0 Å². The summed E-state index contributed by atoms with van der Waals surface area (Å²) in [6.45, 7) is 0. The van der Waals surface area contributed by atoms with E-state index in [9.17, 15) is 0 Å². The number of hydrogen-bond acceptors (Lipinski definition) is 2. The largest absolute Gasteiger partial charge is 0.310 e. The molecule has 0 atom stereocenters. The molecule has 2 nitrogen and oxygen atoms in total. The molecule has 0 fully saturated rings. The van der Waals surface area contributed by atoms with Crippen molar-refractivity contribution >= 4 is 50.0 Å². The summed E-state index contributed by atoms with van der Waals surface area (Å²) >= 11 is 0. The second-order valence-corrected chi connectivity index (χ2v) is 11.7. The molecule has 2 heteroatoms. The predicted octanol–water partition coefficient (Wildman–Crippen LogP) is 12.5. The van der Waals surface area contributed by atoms with Gasteiger partial charge in [-0.15, -0.1) is 0 Å². The molecule has 0 N–H and O–H groups in total. The fourth-order valence-corrected chi connectivity index (χ4v) is 6.74. The number of rotatable bonds is 7. The van der Waals surface area contributed by atoms with Crippen LogP contribution < -0.4 is 9.80 Å². The number of para-hydroxylation sites is 3. The minimum atomic E-state index is 1.02. The Bertz CT molecular complexity index is 2150. The molecule has 1 aliphatic carbocycles. The highest BCUT2D eigenvalue weighted by atomic mass is 15.2. The van der Waals surface area contributed by atoms with E-state index in [2.05, 4.69) is 192 Å². The SMILES string of the molecule is C1=CC(N(c2ccccc2)c2c3ccccc3c(N(c3ccccc3)c3ccccc3)c3cc(-c4ccccc4)ccc23)=CCC1. The molecule has 0 heterocycles. The molecular formula is C44H34N2. The average molecular weight is 591 g/mol. The maximum atomic E-state index is 2.46. The van der Waals surface area contributed by atoms with E-state index in [1.54, 1.807) is 0 Å². The summed E-state index contributed by atoms with van der Waals surface area (Å²) in [5, 5.41) is 4.81. The molecule has 0 saturated carbocycles. The first kappa shape index (κ1) is 27.7. The van der Waals surface area contributed by atoms with Gasteiger partial charge in [-0.25, -0.2) is 0 Å². The normalized spacial score (nSPS) is 12.7. The molecule has 0 amide bonds. The minimum absolute atomic E-state index is 1.02. The summed E-state index contributed by atoms with van der Waals surface area (Å²) in [5.41, 5.74) is 9.35. The third-order valence-electron chi connectivity index (χ3n) is 8.80. The first-order chi connectivity index (χ1) is 22.9. The van der Waals surface area contributed by atoms with Crippen LogP contribution in [0.2, 0.25) is 0 Å². The predicted molar refractivity (Wildman–Crippen MR) is 197 cm³/mol. The standard InChI is InChI=1S/C44H34N2/c1-6-18-33(19-7-1)34-30-31-41-42(32-34)44(46(37-24-12-4-13-25-37)38-26-14-5-15-27-38)40-29-17-16-28-39(40)43(41)45(35-20-8-2-9-21-35)36-22-10-3-11-23-36/h1-2,4-10,12-32H,3,11H2. The van der Waals surface area contributed by atoms with Gasteiger partial charge < -0.3 is 9.80 Å². The summed E-state index contributed by atoms with van der Waals surface area (Å²) in [4.78, 5) is 4.89. The lowest BCUT2D eigenvalue weighted by molar-refractivity contribution is 0.999. The number of hydrogen-bond donors (Lipinski definition) is 0. The Morgan fingerprint density at radius 2 is 0.848 bits per heavy atom. The van der Waals surface area contributed by atoms with Gasteiger partial charge in [-0.2, -0.15) is 0 Å². The number of benzene rings is 7. The van der Waals surface area contributed by atoms with Crippen LogP contribution in [0.25, 0.3) is 32.7 Å². The van der Waals surface area contributed by atoms with Crippen molar-refractivity contribution in [2.45, 2.75) is 12.8 Å². The molecule has 7 aromatic carbocycles. The van der Waals surface area contributed by atoms with Crippen LogP contribution in [0.5, 0.6) is 0 Å². The number of anilines is 5. The second kappa shape index (κ2) is 12.3. The van der Waals surface area contributed by atoms with Crippen LogP contribution in [0.15, 0.2) is 188 Å².